The van der Waals surface area contributed by atoms with Crippen LogP contribution in [0.15, 0.2) is 54.9 Å². The number of Topliss-reactive ketones (excluding diaryl/α,β-unsaturated/α-hetero) is 1. The highest BCUT2D eigenvalue weighted by Gasteiger charge is 2.16. The number of allylic oxidation sites excluding steroid dienone is 1. The van der Waals surface area contributed by atoms with Gasteiger partial charge in [0.2, 0.25) is 0 Å². The van der Waals surface area contributed by atoms with Gasteiger partial charge in [-0.25, -0.2) is 0 Å². The monoisotopic (exact) mass is 345 g/mol. The van der Waals surface area contributed by atoms with Gasteiger partial charge in [-0.05, 0) is 49.4 Å². The average Bonchev–Trinajstić information content (AvgIpc) is 3.29. The van der Waals surface area contributed by atoms with Crippen LogP contribution in [0.1, 0.15) is 27.3 Å². The van der Waals surface area contributed by atoms with Gasteiger partial charge in [0.1, 0.15) is 0 Å². The van der Waals surface area contributed by atoms with Gasteiger partial charge in [0, 0.05) is 35.0 Å². The van der Waals surface area contributed by atoms with Crippen LogP contribution in [0, 0.1) is 18.3 Å². The van der Waals surface area contributed by atoms with Crippen LogP contribution >= 0.6 is 0 Å². The molecular formula is C20H19N5O. The zero-order chi connectivity index (χ0) is 18.5. The van der Waals surface area contributed by atoms with E-state index in [1.54, 1.807) is 18.3 Å². The van der Waals surface area contributed by atoms with Gasteiger partial charge in [0.15, 0.2) is 5.78 Å². The van der Waals surface area contributed by atoms with Crippen LogP contribution in [-0.2, 0) is 6.54 Å². The van der Waals surface area contributed by atoms with E-state index in [9.17, 15) is 4.79 Å². The molecule has 2 aromatic heterocycles. The number of nitrogens with two attached hydrogens (primary N) is 1. The van der Waals surface area contributed by atoms with Crippen LogP contribution in [0.2, 0.25) is 0 Å². The van der Waals surface area contributed by atoms with E-state index in [0.717, 1.165) is 17.1 Å². The Bertz CT molecular complexity index is 973. The summed E-state index contributed by atoms with van der Waals surface area (Å²) in [6.07, 6.45) is 7.56. The lowest BCUT2D eigenvalue weighted by atomic mass is 10.1. The highest BCUT2D eigenvalue weighted by Crippen LogP contribution is 2.23. The summed E-state index contributed by atoms with van der Waals surface area (Å²) in [7, 11) is 0. The predicted octanol–water partition coefficient (Wildman–Crippen LogP) is 2.71. The van der Waals surface area contributed by atoms with Gasteiger partial charge in [-0.1, -0.05) is 6.08 Å². The molecule has 0 atom stereocenters. The van der Waals surface area contributed by atoms with Gasteiger partial charge >= 0.3 is 0 Å². The average molecular weight is 345 g/mol. The second-order valence-electron chi connectivity index (χ2n) is 5.82. The molecule has 2 N–H and O–H groups in total. The van der Waals surface area contributed by atoms with E-state index < -0.39 is 0 Å². The van der Waals surface area contributed by atoms with Crippen molar-refractivity contribution in [2.75, 3.05) is 6.54 Å². The molecule has 0 saturated heterocycles. The quantitative estimate of drug-likeness (QED) is 0.696. The first-order chi connectivity index (χ1) is 12.6. The van der Waals surface area contributed by atoms with Gasteiger partial charge in [-0.2, -0.15) is 10.4 Å². The molecule has 2 heterocycles. The maximum Gasteiger partial charge on any atom is 0.178 e. The molecule has 0 unspecified atom stereocenters. The number of hydrogen-bond donors (Lipinski definition) is 1. The number of carbonyl (C=O) groups is 1. The summed E-state index contributed by atoms with van der Waals surface area (Å²) in [6.45, 7) is 2.49. The topological polar surface area (TPSA) is 89.6 Å². The highest BCUT2D eigenvalue weighted by molar-refractivity contribution is 5.99. The normalized spacial score (nSPS) is 11.0. The van der Waals surface area contributed by atoms with Crippen LogP contribution in [0.25, 0.3) is 11.8 Å². The van der Waals surface area contributed by atoms with Crippen molar-refractivity contribution in [3.05, 3.63) is 77.4 Å². The zero-order valence-corrected chi connectivity index (χ0v) is 14.5. The summed E-state index contributed by atoms with van der Waals surface area (Å²) >= 11 is 0. The largest absolute Gasteiger partial charge is 0.324 e. The lowest BCUT2D eigenvalue weighted by Crippen LogP contribution is -2.14. The third-order valence-corrected chi connectivity index (χ3v) is 4.16. The molecule has 1 aromatic carbocycles. The lowest BCUT2D eigenvalue weighted by Gasteiger charge is -2.10. The number of nitriles is 1. The molecule has 0 aliphatic carbocycles. The number of ketones is 1. The van der Waals surface area contributed by atoms with Crippen LogP contribution < -0.4 is 5.73 Å². The number of aromatic nitrogens is 3. The van der Waals surface area contributed by atoms with Crippen molar-refractivity contribution in [3.63, 3.8) is 0 Å². The van der Waals surface area contributed by atoms with Crippen molar-refractivity contribution in [3.8, 4) is 11.8 Å². The Hall–Kier alpha value is -3.43. The van der Waals surface area contributed by atoms with Gasteiger partial charge in [0.25, 0.3) is 0 Å². The molecule has 3 aromatic rings. The zero-order valence-electron chi connectivity index (χ0n) is 14.5. The van der Waals surface area contributed by atoms with Crippen LogP contribution in [0.4, 0.5) is 0 Å². The molecule has 130 valence electrons. The summed E-state index contributed by atoms with van der Waals surface area (Å²) in [5, 5.41) is 13.2. The Balaban J connectivity index is 2.01. The standard InChI is InChI=1S/C20H19N5O/c1-15-19(20(26)14-22)12-18(4-2-10-24-11-3-9-23-24)25(15)17-7-5-16(13-21)6-8-17/h2-9,11-12H,10,14,22H2,1H3/b4-2+. The number of benzene rings is 1. The maximum absolute atomic E-state index is 12.2. The molecule has 0 fully saturated rings. The number of hydrogen-bond acceptors (Lipinski definition) is 4. The van der Waals surface area contributed by atoms with E-state index in [2.05, 4.69) is 11.2 Å². The Labute approximate surface area is 151 Å². The van der Waals surface area contributed by atoms with Gasteiger partial charge in [-0.3, -0.25) is 9.48 Å². The molecule has 0 bridgehead atoms. The molecule has 6 heteroatoms. The van der Waals surface area contributed by atoms with Crippen LogP contribution in [0.5, 0.6) is 0 Å². The fraction of sp³-hybridized carbons (Fsp3) is 0.150. The summed E-state index contributed by atoms with van der Waals surface area (Å²) in [5.74, 6) is -0.100. The van der Waals surface area contributed by atoms with E-state index in [0.29, 0.717) is 17.7 Å². The molecule has 3 rings (SSSR count). The van der Waals surface area contributed by atoms with Crippen molar-refractivity contribution in [1.82, 2.24) is 14.3 Å². The molecule has 26 heavy (non-hydrogen) atoms. The van der Waals surface area contributed by atoms with Gasteiger partial charge < -0.3 is 10.3 Å². The molecule has 0 amide bonds. The van der Waals surface area contributed by atoms with Crippen molar-refractivity contribution in [2.45, 2.75) is 13.5 Å². The smallest absolute Gasteiger partial charge is 0.178 e. The maximum atomic E-state index is 12.2. The molecule has 0 spiro atoms. The second-order valence-corrected chi connectivity index (χ2v) is 5.82. The van der Waals surface area contributed by atoms with Crippen LogP contribution in [-0.4, -0.2) is 26.7 Å². The van der Waals surface area contributed by atoms with E-state index in [1.807, 2.05) is 58.8 Å². The number of nitrogens with zero attached hydrogens (tertiary/aromatic N) is 4. The highest BCUT2D eigenvalue weighted by atomic mass is 16.1. The second kappa shape index (κ2) is 7.64. The Morgan fingerprint density at radius 1 is 1.35 bits per heavy atom. The van der Waals surface area contributed by atoms with Crippen molar-refractivity contribution >= 4 is 11.9 Å². The fourth-order valence-electron chi connectivity index (χ4n) is 2.86. The van der Waals surface area contributed by atoms with E-state index in [4.69, 9.17) is 11.0 Å². The van der Waals surface area contributed by atoms with Crippen molar-refractivity contribution in [2.24, 2.45) is 5.73 Å². The van der Waals surface area contributed by atoms with Crippen molar-refractivity contribution in [1.29, 1.82) is 5.26 Å². The molecule has 0 saturated carbocycles. The summed E-state index contributed by atoms with van der Waals surface area (Å²) in [5.41, 5.74) is 9.33. The number of rotatable bonds is 6. The minimum atomic E-state index is -0.100. The minimum Gasteiger partial charge on any atom is -0.324 e. The Morgan fingerprint density at radius 3 is 2.73 bits per heavy atom. The Kier molecular flexibility index (Phi) is 5.11. The van der Waals surface area contributed by atoms with E-state index in [1.165, 1.54) is 0 Å². The fourth-order valence-corrected chi connectivity index (χ4v) is 2.86. The molecule has 0 aliphatic heterocycles. The number of carbonyl (C=O) groups excluding carboxylic acids is 1. The van der Waals surface area contributed by atoms with Gasteiger partial charge in [-0.15, -0.1) is 0 Å². The molecule has 0 aliphatic rings. The summed E-state index contributed by atoms with van der Waals surface area (Å²) < 4.78 is 3.80. The molecule has 6 nitrogen and oxygen atoms in total. The third-order valence-electron chi connectivity index (χ3n) is 4.16. The summed E-state index contributed by atoms with van der Waals surface area (Å²) in [4.78, 5) is 12.2. The third kappa shape index (κ3) is 3.48. The predicted molar refractivity (Wildman–Crippen MR) is 99.9 cm³/mol. The van der Waals surface area contributed by atoms with Gasteiger partial charge in [0.05, 0.1) is 24.7 Å². The first kappa shape index (κ1) is 17.4. The van der Waals surface area contributed by atoms with Crippen molar-refractivity contribution < 1.29 is 4.79 Å². The minimum absolute atomic E-state index is 0.0331. The summed E-state index contributed by atoms with van der Waals surface area (Å²) in [6, 6.07) is 13.1. The molecular weight excluding hydrogens is 326 g/mol. The first-order valence-electron chi connectivity index (χ1n) is 8.24. The van der Waals surface area contributed by atoms with E-state index in [-0.39, 0.29) is 12.3 Å². The first-order valence-corrected chi connectivity index (χ1v) is 8.24. The van der Waals surface area contributed by atoms with Crippen LogP contribution in [0.3, 0.4) is 0 Å². The van der Waals surface area contributed by atoms with E-state index >= 15 is 0 Å². The SMILES string of the molecule is Cc1c(C(=O)CN)cc(/C=C/Cn2cccn2)n1-c1ccc(C#N)cc1. The Morgan fingerprint density at radius 2 is 2.12 bits per heavy atom. The molecule has 0 radical (unpaired) electrons. The lowest BCUT2D eigenvalue weighted by molar-refractivity contribution is 0.100.